The molecule has 118 valence electrons. The Morgan fingerprint density at radius 3 is 2.33 bits per heavy atom. The molecular weight excluding hydrogens is 288 g/mol. The smallest absolute Gasteiger partial charge is 0.315 e. The molecule has 0 fully saturated rings. The number of amides is 2. The van der Waals surface area contributed by atoms with Crippen LogP contribution in [0.3, 0.4) is 0 Å². The number of nitrogens with one attached hydrogen (secondary N) is 2. The second-order valence-electron chi connectivity index (χ2n) is 5.78. The highest BCUT2D eigenvalue weighted by Gasteiger charge is 2.23. The van der Waals surface area contributed by atoms with Crippen LogP contribution in [0.4, 0.5) is 4.79 Å². The van der Waals surface area contributed by atoms with Gasteiger partial charge in [-0.3, -0.25) is 4.79 Å². The van der Waals surface area contributed by atoms with E-state index in [0.29, 0.717) is 0 Å². The Balaban J connectivity index is 2.57. The Bertz CT molecular complexity index is 457. The molecule has 0 radical (unpaired) electrons. The fraction of sp³-hybridized carbons (Fsp3) is 0.600. The van der Waals surface area contributed by atoms with Crippen molar-refractivity contribution in [3.63, 3.8) is 0 Å². The Kier molecular flexibility index (Phi) is 6.68. The minimum atomic E-state index is -0.885. The quantitative estimate of drug-likeness (QED) is 0.724. The van der Waals surface area contributed by atoms with Gasteiger partial charge in [-0.1, -0.05) is 33.8 Å². The van der Waals surface area contributed by atoms with E-state index in [1.165, 1.54) is 0 Å². The number of hydrogen-bond donors (Lipinski definition) is 3. The standard InChI is InChI=1S/C15H24N2O3S/c1-9(2)11(14(18)19)8-16-15(20)17-13(10(3)4)12-6-5-7-21-12/h5-7,9-11,13H,8H2,1-4H3,(H,18,19)(H2,16,17,20). The monoisotopic (exact) mass is 312 g/mol. The first kappa shape index (κ1) is 17.5. The van der Waals surface area contributed by atoms with Gasteiger partial charge in [-0.05, 0) is 23.3 Å². The zero-order valence-corrected chi connectivity index (χ0v) is 13.7. The van der Waals surface area contributed by atoms with Gasteiger partial charge in [-0.2, -0.15) is 0 Å². The molecule has 0 aliphatic heterocycles. The molecule has 1 heterocycles. The second-order valence-corrected chi connectivity index (χ2v) is 6.76. The highest BCUT2D eigenvalue weighted by Crippen LogP contribution is 2.25. The number of thiophene rings is 1. The molecule has 0 aliphatic carbocycles. The highest BCUT2D eigenvalue weighted by molar-refractivity contribution is 7.10. The maximum atomic E-state index is 12.0. The molecule has 1 aromatic heterocycles. The fourth-order valence-corrected chi connectivity index (χ4v) is 2.99. The normalized spacial score (nSPS) is 14.0. The third kappa shape index (κ3) is 5.38. The predicted molar refractivity (Wildman–Crippen MR) is 84.4 cm³/mol. The van der Waals surface area contributed by atoms with E-state index in [4.69, 9.17) is 5.11 Å². The van der Waals surface area contributed by atoms with Crippen LogP contribution in [0.5, 0.6) is 0 Å². The molecular formula is C15H24N2O3S. The molecule has 21 heavy (non-hydrogen) atoms. The van der Waals surface area contributed by atoms with Crippen molar-refractivity contribution in [2.75, 3.05) is 6.54 Å². The number of rotatable bonds is 7. The van der Waals surface area contributed by atoms with Crippen molar-refractivity contribution in [3.8, 4) is 0 Å². The van der Waals surface area contributed by atoms with Crippen LogP contribution in [0.1, 0.15) is 38.6 Å². The molecule has 0 aliphatic rings. The lowest BCUT2D eigenvalue weighted by Gasteiger charge is -2.23. The SMILES string of the molecule is CC(C)C(CNC(=O)NC(c1cccs1)C(C)C)C(=O)O. The van der Waals surface area contributed by atoms with Crippen LogP contribution in [0, 0.1) is 17.8 Å². The molecule has 1 rings (SSSR count). The molecule has 2 atom stereocenters. The fourth-order valence-electron chi connectivity index (χ4n) is 2.04. The first-order valence-electron chi connectivity index (χ1n) is 7.13. The summed E-state index contributed by atoms with van der Waals surface area (Å²) < 4.78 is 0. The molecule has 0 bridgehead atoms. The summed E-state index contributed by atoms with van der Waals surface area (Å²) in [5.41, 5.74) is 0. The van der Waals surface area contributed by atoms with E-state index in [-0.39, 0.29) is 30.5 Å². The van der Waals surface area contributed by atoms with Crippen molar-refractivity contribution in [2.45, 2.75) is 33.7 Å². The van der Waals surface area contributed by atoms with Crippen molar-refractivity contribution >= 4 is 23.3 Å². The van der Waals surface area contributed by atoms with Gasteiger partial charge in [0, 0.05) is 11.4 Å². The predicted octanol–water partition coefficient (Wildman–Crippen LogP) is 3.10. The number of carbonyl (C=O) groups excluding carboxylic acids is 1. The summed E-state index contributed by atoms with van der Waals surface area (Å²) in [4.78, 5) is 24.2. The third-order valence-electron chi connectivity index (χ3n) is 3.41. The molecule has 0 saturated heterocycles. The van der Waals surface area contributed by atoms with E-state index < -0.39 is 11.9 Å². The Morgan fingerprint density at radius 1 is 1.24 bits per heavy atom. The lowest BCUT2D eigenvalue weighted by atomic mass is 9.96. The van der Waals surface area contributed by atoms with Crippen LogP contribution in [0.2, 0.25) is 0 Å². The molecule has 2 unspecified atom stereocenters. The first-order chi connectivity index (χ1) is 9.82. The van der Waals surface area contributed by atoms with Gasteiger partial charge >= 0.3 is 12.0 Å². The van der Waals surface area contributed by atoms with Gasteiger partial charge in [0.05, 0.1) is 12.0 Å². The lowest BCUT2D eigenvalue weighted by Crippen LogP contribution is -2.43. The van der Waals surface area contributed by atoms with Crippen LogP contribution in [0.15, 0.2) is 17.5 Å². The maximum Gasteiger partial charge on any atom is 0.315 e. The molecule has 6 heteroatoms. The summed E-state index contributed by atoms with van der Waals surface area (Å²) >= 11 is 1.60. The number of carbonyl (C=O) groups is 2. The average molecular weight is 312 g/mol. The summed E-state index contributed by atoms with van der Waals surface area (Å²) in [7, 11) is 0. The molecule has 5 nitrogen and oxygen atoms in total. The molecule has 2 amide bonds. The van der Waals surface area contributed by atoms with E-state index >= 15 is 0 Å². The third-order valence-corrected chi connectivity index (χ3v) is 4.36. The van der Waals surface area contributed by atoms with Gasteiger partial charge in [-0.15, -0.1) is 11.3 Å². The van der Waals surface area contributed by atoms with E-state index in [2.05, 4.69) is 10.6 Å². The molecule has 1 aromatic rings. The van der Waals surface area contributed by atoms with Crippen molar-refractivity contribution in [1.29, 1.82) is 0 Å². The molecule has 0 aromatic carbocycles. The van der Waals surface area contributed by atoms with E-state index in [1.807, 2.05) is 45.2 Å². The van der Waals surface area contributed by atoms with Gasteiger partial charge in [0.2, 0.25) is 0 Å². The van der Waals surface area contributed by atoms with Gasteiger partial charge in [0.25, 0.3) is 0 Å². The number of carboxylic acids is 1. The van der Waals surface area contributed by atoms with Crippen LogP contribution in [-0.2, 0) is 4.79 Å². The number of carboxylic acid groups (broad SMARTS) is 1. The second kappa shape index (κ2) is 8.02. The average Bonchev–Trinajstić information content (AvgIpc) is 2.88. The zero-order valence-electron chi connectivity index (χ0n) is 12.9. The maximum absolute atomic E-state index is 12.0. The number of hydrogen-bond acceptors (Lipinski definition) is 3. The lowest BCUT2D eigenvalue weighted by molar-refractivity contribution is -0.142. The minimum Gasteiger partial charge on any atom is -0.481 e. The first-order valence-corrected chi connectivity index (χ1v) is 8.01. The summed E-state index contributed by atoms with van der Waals surface area (Å²) in [5, 5.41) is 16.7. The van der Waals surface area contributed by atoms with Crippen LogP contribution < -0.4 is 10.6 Å². The van der Waals surface area contributed by atoms with Gasteiger partial charge in [0.1, 0.15) is 0 Å². The van der Waals surface area contributed by atoms with E-state index in [1.54, 1.807) is 11.3 Å². The largest absolute Gasteiger partial charge is 0.481 e. The van der Waals surface area contributed by atoms with Crippen LogP contribution >= 0.6 is 11.3 Å². The van der Waals surface area contributed by atoms with E-state index in [9.17, 15) is 9.59 Å². The summed E-state index contributed by atoms with van der Waals surface area (Å²) in [5.74, 6) is -1.23. The van der Waals surface area contributed by atoms with Gasteiger partial charge in [0.15, 0.2) is 0 Å². The molecule has 3 N–H and O–H groups in total. The van der Waals surface area contributed by atoms with Crippen molar-refractivity contribution in [2.24, 2.45) is 17.8 Å². The Morgan fingerprint density at radius 2 is 1.90 bits per heavy atom. The number of urea groups is 1. The summed E-state index contributed by atoms with van der Waals surface area (Å²) in [6.07, 6.45) is 0. The Hall–Kier alpha value is -1.56. The topological polar surface area (TPSA) is 78.4 Å². The summed E-state index contributed by atoms with van der Waals surface area (Å²) in [6.45, 7) is 7.88. The van der Waals surface area contributed by atoms with Crippen molar-refractivity contribution in [1.82, 2.24) is 10.6 Å². The zero-order chi connectivity index (χ0) is 16.0. The van der Waals surface area contributed by atoms with Crippen molar-refractivity contribution in [3.05, 3.63) is 22.4 Å². The van der Waals surface area contributed by atoms with Gasteiger partial charge < -0.3 is 15.7 Å². The van der Waals surface area contributed by atoms with Crippen molar-refractivity contribution < 1.29 is 14.7 Å². The minimum absolute atomic E-state index is 0.0269. The Labute approximate surface area is 129 Å². The van der Waals surface area contributed by atoms with Crippen LogP contribution in [0.25, 0.3) is 0 Å². The molecule has 0 spiro atoms. The van der Waals surface area contributed by atoms with E-state index in [0.717, 1.165) is 4.88 Å². The highest BCUT2D eigenvalue weighted by atomic mass is 32.1. The summed E-state index contributed by atoms with van der Waals surface area (Å²) in [6, 6.07) is 3.55. The number of aliphatic carboxylic acids is 1. The van der Waals surface area contributed by atoms with Crippen LogP contribution in [-0.4, -0.2) is 23.7 Å². The molecule has 0 saturated carbocycles. The van der Waals surface area contributed by atoms with Gasteiger partial charge in [-0.25, -0.2) is 4.79 Å².